The summed E-state index contributed by atoms with van der Waals surface area (Å²) in [6.07, 6.45) is 0.140. The molecule has 35 heavy (non-hydrogen) atoms. The first-order chi connectivity index (χ1) is 16.9. The van der Waals surface area contributed by atoms with E-state index in [1.165, 1.54) is 26.4 Å². The molecule has 0 aromatic heterocycles. The van der Waals surface area contributed by atoms with Crippen LogP contribution < -0.4 is 14.8 Å². The van der Waals surface area contributed by atoms with Gasteiger partial charge in [-0.3, -0.25) is 9.52 Å². The molecule has 180 valence electrons. The van der Waals surface area contributed by atoms with E-state index in [1.807, 2.05) is 54.6 Å². The van der Waals surface area contributed by atoms with Crippen molar-refractivity contribution in [2.24, 2.45) is 0 Å². The Kier molecular flexibility index (Phi) is 7.22. The second kappa shape index (κ2) is 10.5. The molecular formula is C27H26N2O5S. The van der Waals surface area contributed by atoms with Gasteiger partial charge in [0.2, 0.25) is 0 Å². The summed E-state index contributed by atoms with van der Waals surface area (Å²) >= 11 is 0. The van der Waals surface area contributed by atoms with Crippen LogP contribution in [0.25, 0.3) is 10.8 Å². The number of methoxy groups -OCH3 is 2. The van der Waals surface area contributed by atoms with E-state index in [9.17, 15) is 13.2 Å². The predicted octanol–water partition coefficient (Wildman–Crippen LogP) is 5.37. The Morgan fingerprint density at radius 2 is 1.40 bits per heavy atom. The molecule has 7 nitrogen and oxygen atoms in total. The van der Waals surface area contributed by atoms with Crippen LogP contribution >= 0.6 is 0 Å². The van der Waals surface area contributed by atoms with Crippen molar-refractivity contribution >= 4 is 38.1 Å². The number of nitrogens with one attached hydrogen (secondary N) is 2. The average molecular weight is 491 g/mol. The fourth-order valence-corrected chi connectivity index (χ4v) is 4.93. The van der Waals surface area contributed by atoms with E-state index in [1.54, 1.807) is 24.3 Å². The Morgan fingerprint density at radius 1 is 0.800 bits per heavy atom. The number of carbonyl (C=O) groups is 1. The molecule has 1 atom stereocenters. The van der Waals surface area contributed by atoms with Crippen molar-refractivity contribution in [3.8, 4) is 5.75 Å². The van der Waals surface area contributed by atoms with E-state index in [2.05, 4.69) is 10.0 Å². The van der Waals surface area contributed by atoms with Gasteiger partial charge < -0.3 is 14.8 Å². The van der Waals surface area contributed by atoms with E-state index < -0.39 is 10.0 Å². The van der Waals surface area contributed by atoms with Crippen LogP contribution in [0.4, 0.5) is 11.4 Å². The van der Waals surface area contributed by atoms with Gasteiger partial charge in [0.05, 0.1) is 37.3 Å². The number of ether oxygens (including phenoxy) is 2. The third kappa shape index (κ3) is 5.55. The summed E-state index contributed by atoms with van der Waals surface area (Å²) in [5, 5.41) is 4.98. The van der Waals surface area contributed by atoms with Crippen molar-refractivity contribution in [2.75, 3.05) is 24.3 Å². The van der Waals surface area contributed by atoms with Crippen LogP contribution in [0.5, 0.6) is 5.75 Å². The second-order valence-electron chi connectivity index (χ2n) is 7.88. The lowest BCUT2D eigenvalue weighted by atomic mass is 10.0. The lowest BCUT2D eigenvalue weighted by molar-refractivity contribution is -0.140. The SMILES string of the molecule is COC(=O)CC(Nc1ccc(NS(=O)(=O)c2ccc(OC)cc2)c2ccccc12)c1ccccc1. The van der Waals surface area contributed by atoms with Crippen LogP contribution in [0, 0.1) is 0 Å². The van der Waals surface area contributed by atoms with Crippen molar-refractivity contribution in [3.05, 3.63) is 96.6 Å². The van der Waals surface area contributed by atoms with Gasteiger partial charge in [0.25, 0.3) is 10.0 Å². The molecule has 0 saturated heterocycles. The molecule has 1 unspecified atom stereocenters. The third-order valence-electron chi connectivity index (χ3n) is 5.67. The zero-order valence-electron chi connectivity index (χ0n) is 19.4. The van der Waals surface area contributed by atoms with Crippen LogP contribution in [0.2, 0.25) is 0 Å². The molecule has 0 spiro atoms. The number of fused-ring (bicyclic) bond motifs is 1. The summed E-state index contributed by atoms with van der Waals surface area (Å²) in [5.74, 6) is 0.240. The van der Waals surface area contributed by atoms with E-state index in [0.29, 0.717) is 11.4 Å². The summed E-state index contributed by atoms with van der Waals surface area (Å²) in [6.45, 7) is 0. The quantitative estimate of drug-likeness (QED) is 0.307. The number of anilines is 2. The minimum Gasteiger partial charge on any atom is -0.497 e. The van der Waals surface area contributed by atoms with Crippen LogP contribution in [0.1, 0.15) is 18.0 Å². The van der Waals surface area contributed by atoms with Crippen molar-refractivity contribution in [1.82, 2.24) is 0 Å². The first-order valence-corrected chi connectivity index (χ1v) is 12.5. The first-order valence-electron chi connectivity index (χ1n) is 11.0. The molecule has 4 aromatic rings. The summed E-state index contributed by atoms with van der Waals surface area (Å²) in [7, 11) is -0.926. The maximum absolute atomic E-state index is 13.0. The molecule has 0 aliphatic heterocycles. The van der Waals surface area contributed by atoms with Gasteiger partial charge in [0.1, 0.15) is 5.75 Å². The maximum Gasteiger partial charge on any atom is 0.307 e. The fourth-order valence-electron chi connectivity index (χ4n) is 3.85. The van der Waals surface area contributed by atoms with Gasteiger partial charge in [-0.25, -0.2) is 8.42 Å². The van der Waals surface area contributed by atoms with Gasteiger partial charge in [-0.05, 0) is 42.0 Å². The Morgan fingerprint density at radius 3 is 2.03 bits per heavy atom. The monoisotopic (exact) mass is 490 g/mol. The largest absolute Gasteiger partial charge is 0.497 e. The van der Waals surface area contributed by atoms with E-state index in [-0.39, 0.29) is 23.3 Å². The molecule has 4 rings (SSSR count). The third-order valence-corrected chi connectivity index (χ3v) is 7.05. The smallest absolute Gasteiger partial charge is 0.307 e. The molecule has 0 amide bonds. The zero-order chi connectivity index (χ0) is 24.8. The Hall–Kier alpha value is -4.04. The summed E-state index contributed by atoms with van der Waals surface area (Å²) in [4.78, 5) is 12.2. The molecule has 8 heteroatoms. The highest BCUT2D eigenvalue weighted by molar-refractivity contribution is 7.92. The molecule has 4 aromatic carbocycles. The highest BCUT2D eigenvalue weighted by Gasteiger charge is 2.20. The van der Waals surface area contributed by atoms with Gasteiger partial charge in [0.15, 0.2) is 0 Å². The molecule has 0 fully saturated rings. The molecule has 0 saturated carbocycles. The molecule has 0 heterocycles. The Labute approximate surface area is 204 Å². The number of benzene rings is 4. The minimum absolute atomic E-state index is 0.131. The number of sulfonamides is 1. The predicted molar refractivity (Wildman–Crippen MR) is 137 cm³/mol. The molecule has 0 radical (unpaired) electrons. The fraction of sp³-hybridized carbons (Fsp3) is 0.148. The van der Waals surface area contributed by atoms with Crippen molar-refractivity contribution in [2.45, 2.75) is 17.4 Å². The standard InChI is InChI=1S/C27H26N2O5S/c1-33-20-12-14-21(15-13-20)35(31,32)29-25-17-16-24(22-10-6-7-11-23(22)25)28-26(18-27(30)34-2)19-8-4-3-5-9-19/h3-17,26,28-29H,18H2,1-2H3. The highest BCUT2D eigenvalue weighted by Crippen LogP contribution is 2.34. The molecule has 0 aliphatic rings. The lowest BCUT2D eigenvalue weighted by Gasteiger charge is -2.21. The zero-order valence-corrected chi connectivity index (χ0v) is 20.2. The van der Waals surface area contributed by atoms with Crippen molar-refractivity contribution in [1.29, 1.82) is 0 Å². The van der Waals surface area contributed by atoms with E-state index in [0.717, 1.165) is 22.0 Å². The summed E-state index contributed by atoms with van der Waals surface area (Å²) < 4.78 is 38.8. The molecule has 0 aliphatic carbocycles. The van der Waals surface area contributed by atoms with E-state index >= 15 is 0 Å². The van der Waals surface area contributed by atoms with Crippen molar-refractivity contribution in [3.63, 3.8) is 0 Å². The second-order valence-corrected chi connectivity index (χ2v) is 9.56. The van der Waals surface area contributed by atoms with Gasteiger partial charge in [-0.2, -0.15) is 0 Å². The number of carbonyl (C=O) groups excluding carboxylic acids is 1. The van der Waals surface area contributed by atoms with Crippen LogP contribution in [-0.4, -0.2) is 28.6 Å². The normalized spacial score (nSPS) is 12.1. The Balaban J connectivity index is 1.68. The minimum atomic E-state index is -3.82. The summed E-state index contributed by atoms with van der Waals surface area (Å²) in [5.41, 5.74) is 2.16. The van der Waals surface area contributed by atoms with Crippen LogP contribution in [0.3, 0.4) is 0 Å². The van der Waals surface area contributed by atoms with Crippen molar-refractivity contribution < 1.29 is 22.7 Å². The first kappa shape index (κ1) is 24.1. The van der Waals surface area contributed by atoms with Crippen LogP contribution in [0.15, 0.2) is 95.9 Å². The lowest BCUT2D eigenvalue weighted by Crippen LogP contribution is -2.17. The van der Waals surface area contributed by atoms with Gasteiger partial charge in [0, 0.05) is 16.5 Å². The Bertz CT molecular complexity index is 1420. The van der Waals surface area contributed by atoms with Gasteiger partial charge in [-0.15, -0.1) is 0 Å². The number of hydrogen-bond acceptors (Lipinski definition) is 6. The average Bonchev–Trinajstić information content (AvgIpc) is 2.90. The van der Waals surface area contributed by atoms with Gasteiger partial charge >= 0.3 is 5.97 Å². The van der Waals surface area contributed by atoms with Crippen LogP contribution in [-0.2, 0) is 19.6 Å². The summed E-state index contributed by atoms with van der Waals surface area (Å²) in [6, 6.07) is 26.5. The number of rotatable bonds is 9. The molecule has 2 N–H and O–H groups in total. The number of hydrogen-bond donors (Lipinski definition) is 2. The van der Waals surface area contributed by atoms with Gasteiger partial charge in [-0.1, -0.05) is 54.6 Å². The highest BCUT2D eigenvalue weighted by atomic mass is 32.2. The topological polar surface area (TPSA) is 93.7 Å². The molecule has 0 bridgehead atoms. The molecular weight excluding hydrogens is 464 g/mol. The van der Waals surface area contributed by atoms with E-state index in [4.69, 9.17) is 9.47 Å². The maximum atomic E-state index is 13.0. The number of esters is 1.